The highest BCUT2D eigenvalue weighted by molar-refractivity contribution is 6.05. The molecule has 0 bridgehead atoms. The lowest BCUT2D eigenvalue weighted by molar-refractivity contribution is 0.652. The van der Waals surface area contributed by atoms with E-state index in [0.29, 0.717) is 0 Å². The Balaban J connectivity index is 2.61. The van der Waals surface area contributed by atoms with Gasteiger partial charge in [0.2, 0.25) is 0 Å². The van der Waals surface area contributed by atoms with Crippen LogP contribution >= 0.6 is 0 Å². The Morgan fingerprint density at radius 3 is 2.65 bits per heavy atom. The lowest BCUT2D eigenvalue weighted by Crippen LogP contribution is -2.17. The second-order valence-corrected chi connectivity index (χ2v) is 4.47. The van der Waals surface area contributed by atoms with Gasteiger partial charge in [-0.3, -0.25) is 4.79 Å². The molecule has 0 N–H and O–H groups in total. The molecule has 0 radical (unpaired) electrons. The van der Waals surface area contributed by atoms with E-state index in [1.165, 1.54) is 0 Å². The Morgan fingerprint density at radius 1 is 1.12 bits per heavy atom. The summed E-state index contributed by atoms with van der Waals surface area (Å²) in [5.41, 5.74) is 3.65. The van der Waals surface area contributed by atoms with E-state index in [1.807, 2.05) is 32.0 Å². The number of nitrogens with zero attached hydrogens (tertiary/aromatic N) is 1. The Labute approximate surface area is 98.3 Å². The van der Waals surface area contributed by atoms with Crippen molar-refractivity contribution < 1.29 is 4.42 Å². The van der Waals surface area contributed by atoms with Crippen molar-refractivity contribution in [3.8, 4) is 0 Å². The minimum atomic E-state index is -0.00160. The van der Waals surface area contributed by atoms with Crippen LogP contribution in [-0.2, 0) is 7.05 Å². The van der Waals surface area contributed by atoms with Crippen LogP contribution in [0, 0.1) is 13.8 Å². The van der Waals surface area contributed by atoms with Gasteiger partial charge in [0.15, 0.2) is 5.58 Å². The number of rotatable bonds is 0. The standard InChI is InChI=1S/C14H13NO2/c1-8-4-5-10-11-7-13(16)15(3)9(2)14(11)17-12(10)6-8/h4-7H,1-3H3. The Hall–Kier alpha value is -2.03. The molecule has 2 heterocycles. The Kier molecular flexibility index (Phi) is 1.93. The van der Waals surface area contributed by atoms with Gasteiger partial charge in [-0.15, -0.1) is 0 Å². The minimum Gasteiger partial charge on any atom is -0.454 e. The van der Waals surface area contributed by atoms with Crippen molar-refractivity contribution in [1.82, 2.24) is 4.57 Å². The second kappa shape index (κ2) is 3.23. The van der Waals surface area contributed by atoms with E-state index >= 15 is 0 Å². The normalized spacial score (nSPS) is 11.5. The lowest BCUT2D eigenvalue weighted by Gasteiger charge is -2.01. The summed E-state index contributed by atoms with van der Waals surface area (Å²) in [5, 5.41) is 1.91. The van der Waals surface area contributed by atoms with Gasteiger partial charge in [0.1, 0.15) is 5.58 Å². The molecular formula is C14H13NO2. The van der Waals surface area contributed by atoms with Crippen LogP contribution in [0.3, 0.4) is 0 Å². The van der Waals surface area contributed by atoms with Gasteiger partial charge in [0, 0.05) is 23.9 Å². The molecule has 0 aliphatic heterocycles. The van der Waals surface area contributed by atoms with Gasteiger partial charge in [-0.05, 0) is 25.5 Å². The molecule has 86 valence electrons. The molecule has 1 aromatic carbocycles. The summed E-state index contributed by atoms with van der Waals surface area (Å²) in [6.07, 6.45) is 0. The highest BCUT2D eigenvalue weighted by Gasteiger charge is 2.11. The third-order valence-electron chi connectivity index (χ3n) is 3.31. The summed E-state index contributed by atoms with van der Waals surface area (Å²) >= 11 is 0. The first kappa shape index (κ1) is 10.1. The van der Waals surface area contributed by atoms with Gasteiger partial charge < -0.3 is 8.98 Å². The van der Waals surface area contributed by atoms with E-state index in [-0.39, 0.29) is 5.56 Å². The molecule has 0 aliphatic rings. The molecule has 0 saturated heterocycles. The third-order valence-corrected chi connectivity index (χ3v) is 3.31. The monoisotopic (exact) mass is 227 g/mol. The quantitative estimate of drug-likeness (QED) is 0.592. The number of fused-ring (bicyclic) bond motifs is 3. The van der Waals surface area contributed by atoms with Gasteiger partial charge in [-0.2, -0.15) is 0 Å². The molecule has 0 fully saturated rings. The number of aryl methyl sites for hydroxylation is 2. The molecule has 3 heteroatoms. The molecule has 17 heavy (non-hydrogen) atoms. The molecule has 0 saturated carbocycles. The molecule has 0 aliphatic carbocycles. The number of hydrogen-bond acceptors (Lipinski definition) is 2. The topological polar surface area (TPSA) is 35.1 Å². The van der Waals surface area contributed by atoms with Gasteiger partial charge in [-0.25, -0.2) is 0 Å². The zero-order valence-electron chi connectivity index (χ0n) is 10.1. The van der Waals surface area contributed by atoms with Crippen LogP contribution in [0.1, 0.15) is 11.3 Å². The molecule has 2 aromatic heterocycles. The van der Waals surface area contributed by atoms with Crippen LogP contribution in [0.25, 0.3) is 21.9 Å². The van der Waals surface area contributed by atoms with E-state index in [2.05, 4.69) is 0 Å². The number of benzene rings is 1. The van der Waals surface area contributed by atoms with Crippen LogP contribution in [0.2, 0.25) is 0 Å². The molecule has 0 amide bonds. The van der Waals surface area contributed by atoms with E-state index < -0.39 is 0 Å². The highest BCUT2D eigenvalue weighted by atomic mass is 16.3. The number of hydrogen-bond donors (Lipinski definition) is 0. The van der Waals surface area contributed by atoms with Crippen molar-refractivity contribution in [1.29, 1.82) is 0 Å². The molecular weight excluding hydrogens is 214 g/mol. The van der Waals surface area contributed by atoms with Gasteiger partial charge in [0.25, 0.3) is 5.56 Å². The second-order valence-electron chi connectivity index (χ2n) is 4.47. The van der Waals surface area contributed by atoms with Crippen molar-refractivity contribution in [2.24, 2.45) is 7.05 Å². The summed E-state index contributed by atoms with van der Waals surface area (Å²) in [6.45, 7) is 3.93. The summed E-state index contributed by atoms with van der Waals surface area (Å²) in [6, 6.07) is 7.68. The fourth-order valence-corrected chi connectivity index (χ4v) is 2.17. The van der Waals surface area contributed by atoms with Crippen LogP contribution in [0.15, 0.2) is 33.5 Å². The molecule has 0 atom stereocenters. The van der Waals surface area contributed by atoms with Crippen LogP contribution < -0.4 is 5.56 Å². The minimum absolute atomic E-state index is 0.00160. The Morgan fingerprint density at radius 2 is 1.88 bits per heavy atom. The first-order valence-electron chi connectivity index (χ1n) is 5.57. The van der Waals surface area contributed by atoms with Crippen molar-refractivity contribution in [2.75, 3.05) is 0 Å². The van der Waals surface area contributed by atoms with E-state index in [1.54, 1.807) is 17.7 Å². The molecule has 3 aromatic rings. The summed E-state index contributed by atoms with van der Waals surface area (Å²) < 4.78 is 7.45. The maximum Gasteiger partial charge on any atom is 0.251 e. The maximum atomic E-state index is 11.8. The van der Waals surface area contributed by atoms with Crippen molar-refractivity contribution in [3.63, 3.8) is 0 Å². The largest absolute Gasteiger partial charge is 0.454 e. The SMILES string of the molecule is Cc1ccc2c(c1)oc1c(C)n(C)c(=O)cc12. The van der Waals surface area contributed by atoms with Crippen molar-refractivity contribution in [2.45, 2.75) is 13.8 Å². The van der Waals surface area contributed by atoms with E-state index in [4.69, 9.17) is 4.42 Å². The average molecular weight is 227 g/mol. The molecule has 3 rings (SSSR count). The predicted molar refractivity (Wildman–Crippen MR) is 68.4 cm³/mol. The van der Waals surface area contributed by atoms with Gasteiger partial charge in [-0.1, -0.05) is 12.1 Å². The summed E-state index contributed by atoms with van der Waals surface area (Å²) in [4.78, 5) is 11.8. The average Bonchev–Trinajstić information content (AvgIpc) is 2.64. The van der Waals surface area contributed by atoms with Gasteiger partial charge in [0.05, 0.1) is 5.69 Å². The van der Waals surface area contributed by atoms with Crippen LogP contribution in [-0.4, -0.2) is 4.57 Å². The van der Waals surface area contributed by atoms with Crippen molar-refractivity contribution in [3.05, 3.63) is 45.9 Å². The summed E-state index contributed by atoms with van der Waals surface area (Å²) in [7, 11) is 1.76. The maximum absolute atomic E-state index is 11.8. The highest BCUT2D eigenvalue weighted by Crippen LogP contribution is 2.29. The zero-order valence-corrected chi connectivity index (χ0v) is 10.1. The lowest BCUT2D eigenvalue weighted by atomic mass is 10.1. The number of aromatic nitrogens is 1. The third kappa shape index (κ3) is 1.32. The number of pyridine rings is 1. The fraction of sp³-hybridized carbons (Fsp3) is 0.214. The first-order valence-corrected chi connectivity index (χ1v) is 5.57. The van der Waals surface area contributed by atoms with Crippen molar-refractivity contribution >= 4 is 21.9 Å². The smallest absolute Gasteiger partial charge is 0.251 e. The molecule has 3 nitrogen and oxygen atoms in total. The predicted octanol–water partition coefficient (Wildman–Crippen LogP) is 2.90. The number of furan rings is 1. The van der Waals surface area contributed by atoms with E-state index in [0.717, 1.165) is 33.2 Å². The van der Waals surface area contributed by atoms with Crippen LogP contribution in [0.4, 0.5) is 0 Å². The molecule has 0 unspecified atom stereocenters. The van der Waals surface area contributed by atoms with E-state index in [9.17, 15) is 4.79 Å². The first-order chi connectivity index (χ1) is 8.08. The fourth-order valence-electron chi connectivity index (χ4n) is 2.17. The van der Waals surface area contributed by atoms with Crippen LogP contribution in [0.5, 0.6) is 0 Å². The Bertz CT molecular complexity index is 793. The van der Waals surface area contributed by atoms with Gasteiger partial charge >= 0.3 is 0 Å². The molecule has 0 spiro atoms. The summed E-state index contributed by atoms with van der Waals surface area (Å²) in [5.74, 6) is 0. The zero-order chi connectivity index (χ0) is 12.2.